The fourth-order valence-electron chi connectivity index (χ4n) is 4.43. The Morgan fingerprint density at radius 1 is 1.07 bits per heavy atom. The van der Waals surface area contributed by atoms with Gasteiger partial charge in [0.05, 0.1) is 22.6 Å². The third kappa shape index (κ3) is 7.55. The summed E-state index contributed by atoms with van der Waals surface area (Å²) in [6, 6.07) is 16.8. The summed E-state index contributed by atoms with van der Waals surface area (Å²) in [5.41, 5.74) is 3.19. The lowest BCUT2D eigenvalue weighted by Gasteiger charge is -2.35. The molecule has 2 aromatic carbocycles. The standard InChI is InChI=1S/C30H37N7O3/c1-5-36-12-14-37(15-13-36)23-10-11-24(26(16-23)35-29(39)40-30(2,3)4)34-28-17-25(22(18-31)20-33-28)32-19-21-8-6-7-9-27(21)38/h6-11,16-17,20,38H,5,12-15,19H2,1-4H3,(H,35,39)(H2,32,33,34). The molecule has 0 aliphatic carbocycles. The highest BCUT2D eigenvalue weighted by molar-refractivity contribution is 5.92. The topological polar surface area (TPSA) is 126 Å². The molecule has 1 aliphatic heterocycles. The van der Waals surface area contributed by atoms with Gasteiger partial charge in [0.15, 0.2) is 0 Å². The van der Waals surface area contributed by atoms with Gasteiger partial charge in [0, 0.05) is 56.2 Å². The van der Waals surface area contributed by atoms with Crippen molar-refractivity contribution in [2.75, 3.05) is 53.6 Å². The number of benzene rings is 2. The number of rotatable bonds is 8. The Morgan fingerprint density at radius 3 is 2.50 bits per heavy atom. The van der Waals surface area contributed by atoms with E-state index in [-0.39, 0.29) is 5.75 Å². The number of hydrogen-bond acceptors (Lipinski definition) is 9. The summed E-state index contributed by atoms with van der Waals surface area (Å²) in [6.07, 6.45) is 0.930. The van der Waals surface area contributed by atoms with Crippen LogP contribution in [0.4, 0.5) is 33.4 Å². The molecule has 4 rings (SSSR count). The van der Waals surface area contributed by atoms with Crippen LogP contribution < -0.4 is 20.9 Å². The van der Waals surface area contributed by atoms with Crippen molar-refractivity contribution in [3.8, 4) is 11.8 Å². The van der Waals surface area contributed by atoms with Crippen LogP contribution in [0, 0.1) is 11.3 Å². The van der Waals surface area contributed by atoms with Crippen molar-refractivity contribution in [2.45, 2.75) is 39.8 Å². The average molecular weight is 544 g/mol. The maximum atomic E-state index is 12.7. The first-order valence-corrected chi connectivity index (χ1v) is 13.4. The number of pyridine rings is 1. The highest BCUT2D eigenvalue weighted by atomic mass is 16.6. The third-order valence-corrected chi connectivity index (χ3v) is 6.57. The van der Waals surface area contributed by atoms with Crippen LogP contribution >= 0.6 is 0 Å². The van der Waals surface area contributed by atoms with Gasteiger partial charge in [-0.25, -0.2) is 9.78 Å². The first kappa shape index (κ1) is 28.5. The number of nitrogens with zero attached hydrogens (tertiary/aromatic N) is 4. The SMILES string of the molecule is CCN1CCN(c2ccc(Nc3cc(NCc4ccccc4O)c(C#N)cn3)c(NC(=O)OC(C)(C)C)c2)CC1. The highest BCUT2D eigenvalue weighted by Gasteiger charge is 2.20. The van der Waals surface area contributed by atoms with Crippen molar-refractivity contribution in [3.05, 3.63) is 65.9 Å². The molecule has 0 atom stereocenters. The van der Waals surface area contributed by atoms with Crippen molar-refractivity contribution < 1.29 is 14.6 Å². The van der Waals surface area contributed by atoms with Crippen molar-refractivity contribution in [1.29, 1.82) is 5.26 Å². The molecule has 10 nitrogen and oxygen atoms in total. The van der Waals surface area contributed by atoms with Crippen molar-refractivity contribution in [3.63, 3.8) is 0 Å². The predicted molar refractivity (Wildman–Crippen MR) is 158 cm³/mol. The molecule has 2 heterocycles. The highest BCUT2D eigenvalue weighted by Crippen LogP contribution is 2.32. The van der Waals surface area contributed by atoms with Crippen LogP contribution in [0.2, 0.25) is 0 Å². The minimum atomic E-state index is -0.645. The van der Waals surface area contributed by atoms with E-state index in [1.165, 1.54) is 6.20 Å². The van der Waals surface area contributed by atoms with Crippen molar-refractivity contribution in [2.24, 2.45) is 0 Å². The second-order valence-corrected chi connectivity index (χ2v) is 10.6. The van der Waals surface area contributed by atoms with Gasteiger partial charge < -0.3 is 30.3 Å². The van der Waals surface area contributed by atoms with Gasteiger partial charge in [0.2, 0.25) is 0 Å². The van der Waals surface area contributed by atoms with E-state index in [4.69, 9.17) is 4.74 Å². The smallest absolute Gasteiger partial charge is 0.412 e. The minimum Gasteiger partial charge on any atom is -0.508 e. The number of aromatic nitrogens is 1. The largest absolute Gasteiger partial charge is 0.508 e. The van der Waals surface area contributed by atoms with Gasteiger partial charge in [-0.05, 0) is 51.6 Å². The number of aromatic hydroxyl groups is 1. The zero-order valence-corrected chi connectivity index (χ0v) is 23.5. The first-order chi connectivity index (χ1) is 19.1. The molecule has 1 amide bonds. The molecule has 10 heteroatoms. The van der Waals surface area contributed by atoms with E-state index < -0.39 is 11.7 Å². The molecular weight excluding hydrogens is 506 g/mol. The number of amides is 1. The molecule has 0 spiro atoms. The fourth-order valence-corrected chi connectivity index (χ4v) is 4.43. The molecule has 1 saturated heterocycles. The summed E-state index contributed by atoms with van der Waals surface area (Å²) in [5.74, 6) is 0.658. The molecule has 3 aromatic rings. The molecule has 1 aromatic heterocycles. The Labute approximate surface area is 235 Å². The summed E-state index contributed by atoms with van der Waals surface area (Å²) >= 11 is 0. The molecule has 4 N–H and O–H groups in total. The van der Waals surface area contributed by atoms with Crippen LogP contribution in [0.5, 0.6) is 5.75 Å². The summed E-state index contributed by atoms with van der Waals surface area (Å²) in [5, 5.41) is 29.1. The third-order valence-electron chi connectivity index (χ3n) is 6.57. The molecule has 0 saturated carbocycles. The number of phenols is 1. The second-order valence-electron chi connectivity index (χ2n) is 10.6. The number of nitriles is 1. The fraction of sp³-hybridized carbons (Fsp3) is 0.367. The van der Waals surface area contributed by atoms with Crippen LogP contribution in [0.25, 0.3) is 0 Å². The Morgan fingerprint density at radius 2 is 1.82 bits per heavy atom. The normalized spacial score (nSPS) is 13.8. The second kappa shape index (κ2) is 12.6. The number of likely N-dealkylation sites (N-methyl/N-ethyl adjacent to an activating group) is 1. The van der Waals surface area contributed by atoms with Gasteiger partial charge in [0.25, 0.3) is 0 Å². The van der Waals surface area contributed by atoms with Gasteiger partial charge in [-0.3, -0.25) is 5.32 Å². The average Bonchev–Trinajstić information content (AvgIpc) is 2.92. The number of nitrogens with one attached hydrogen (secondary N) is 3. The van der Waals surface area contributed by atoms with E-state index in [0.29, 0.717) is 40.6 Å². The van der Waals surface area contributed by atoms with E-state index in [2.05, 4.69) is 43.7 Å². The number of para-hydroxylation sites is 1. The lowest BCUT2D eigenvalue weighted by atomic mass is 10.1. The van der Waals surface area contributed by atoms with Crippen molar-refractivity contribution >= 4 is 34.7 Å². The van der Waals surface area contributed by atoms with Crippen LogP contribution in [0.15, 0.2) is 54.7 Å². The van der Waals surface area contributed by atoms with E-state index in [1.807, 2.05) is 51.1 Å². The lowest BCUT2D eigenvalue weighted by molar-refractivity contribution is 0.0636. The number of hydrogen-bond donors (Lipinski definition) is 4. The molecule has 1 fully saturated rings. The number of piperazine rings is 1. The number of ether oxygens (including phenoxy) is 1. The molecule has 40 heavy (non-hydrogen) atoms. The number of anilines is 5. The van der Waals surface area contributed by atoms with Crippen LogP contribution in [-0.2, 0) is 11.3 Å². The molecule has 1 aliphatic rings. The van der Waals surface area contributed by atoms with Gasteiger partial charge in [-0.15, -0.1) is 0 Å². The van der Waals surface area contributed by atoms with Crippen LogP contribution in [0.3, 0.4) is 0 Å². The summed E-state index contributed by atoms with van der Waals surface area (Å²) in [7, 11) is 0. The van der Waals surface area contributed by atoms with E-state index in [0.717, 1.165) is 38.4 Å². The zero-order chi connectivity index (χ0) is 28.7. The van der Waals surface area contributed by atoms with Gasteiger partial charge in [-0.1, -0.05) is 25.1 Å². The maximum Gasteiger partial charge on any atom is 0.412 e. The molecule has 0 radical (unpaired) electrons. The summed E-state index contributed by atoms with van der Waals surface area (Å²) < 4.78 is 5.51. The monoisotopic (exact) mass is 543 g/mol. The van der Waals surface area contributed by atoms with Gasteiger partial charge in [-0.2, -0.15) is 5.26 Å². The van der Waals surface area contributed by atoms with E-state index >= 15 is 0 Å². The Hall–Kier alpha value is -4.49. The van der Waals surface area contributed by atoms with Crippen LogP contribution in [-0.4, -0.2) is 59.4 Å². The number of carbonyl (C=O) groups is 1. The molecule has 0 unspecified atom stereocenters. The predicted octanol–water partition coefficient (Wildman–Crippen LogP) is 5.50. The maximum absolute atomic E-state index is 12.7. The molecule has 210 valence electrons. The number of phenolic OH excluding ortho intramolecular Hbond substituents is 1. The summed E-state index contributed by atoms with van der Waals surface area (Å²) in [6.45, 7) is 12.8. The Bertz CT molecular complexity index is 1370. The van der Waals surface area contributed by atoms with E-state index in [1.54, 1.807) is 18.2 Å². The minimum absolute atomic E-state index is 0.176. The molecule has 0 bridgehead atoms. The van der Waals surface area contributed by atoms with Crippen molar-refractivity contribution in [1.82, 2.24) is 9.88 Å². The molecular formula is C30H37N7O3. The summed E-state index contributed by atoms with van der Waals surface area (Å²) in [4.78, 5) is 21.8. The number of carbonyl (C=O) groups excluding carboxylic acids is 1. The quantitative estimate of drug-likeness (QED) is 0.291. The van der Waals surface area contributed by atoms with E-state index in [9.17, 15) is 15.2 Å². The van der Waals surface area contributed by atoms with Gasteiger partial charge >= 0.3 is 6.09 Å². The van der Waals surface area contributed by atoms with Crippen LogP contribution in [0.1, 0.15) is 38.8 Å². The lowest BCUT2D eigenvalue weighted by Crippen LogP contribution is -2.46. The Kier molecular flexibility index (Phi) is 8.97. The zero-order valence-electron chi connectivity index (χ0n) is 23.5. The first-order valence-electron chi connectivity index (χ1n) is 13.4. The Balaban J connectivity index is 1.58. The van der Waals surface area contributed by atoms with Gasteiger partial charge in [0.1, 0.15) is 23.2 Å².